The summed E-state index contributed by atoms with van der Waals surface area (Å²) in [5, 5.41) is 21.3. The Hall–Kier alpha value is -2.13. The summed E-state index contributed by atoms with van der Waals surface area (Å²) in [5.41, 5.74) is 5.87. The van der Waals surface area contributed by atoms with Gasteiger partial charge in [0.2, 0.25) is 5.95 Å². The molecule has 138 valence electrons. The number of hydrogen-bond donors (Lipinski definition) is 4. The summed E-state index contributed by atoms with van der Waals surface area (Å²) in [6, 6.07) is 1.46. The van der Waals surface area contributed by atoms with Crippen LogP contribution in [0.2, 0.25) is 0 Å². The van der Waals surface area contributed by atoms with E-state index in [0.717, 1.165) is 38.3 Å². The number of rotatable bonds is 5. The molecule has 0 bridgehead atoms. The molecule has 9 nitrogen and oxygen atoms in total. The van der Waals surface area contributed by atoms with Crippen molar-refractivity contribution in [1.82, 2.24) is 14.9 Å². The van der Waals surface area contributed by atoms with Gasteiger partial charge >= 0.3 is 5.97 Å². The van der Waals surface area contributed by atoms with Crippen LogP contribution in [-0.2, 0) is 4.79 Å². The third-order valence-electron chi connectivity index (χ3n) is 5.32. The van der Waals surface area contributed by atoms with Crippen molar-refractivity contribution in [2.75, 3.05) is 55.8 Å². The number of carbonyl (C=O) groups is 1. The van der Waals surface area contributed by atoms with Crippen molar-refractivity contribution in [3.63, 3.8) is 0 Å². The van der Waals surface area contributed by atoms with Gasteiger partial charge in [-0.2, -0.15) is 9.97 Å². The van der Waals surface area contributed by atoms with Gasteiger partial charge in [-0.3, -0.25) is 9.69 Å². The van der Waals surface area contributed by atoms with E-state index in [1.54, 1.807) is 0 Å². The molecule has 0 unspecified atom stereocenters. The fraction of sp³-hybridized carbons (Fsp3) is 0.688. The van der Waals surface area contributed by atoms with Crippen LogP contribution in [0.1, 0.15) is 19.3 Å². The van der Waals surface area contributed by atoms with Crippen LogP contribution in [0.5, 0.6) is 0 Å². The molecule has 0 aromatic carbocycles. The molecular formula is C16H26N6O3. The summed E-state index contributed by atoms with van der Waals surface area (Å²) >= 11 is 0. The highest BCUT2D eigenvalue weighted by atomic mass is 16.4. The van der Waals surface area contributed by atoms with Crippen molar-refractivity contribution in [3.8, 4) is 0 Å². The minimum atomic E-state index is -0.732. The largest absolute Gasteiger partial charge is 0.480 e. The number of anilines is 3. The number of nitrogen functional groups attached to an aromatic ring is 1. The number of nitrogens with one attached hydrogen (secondary N) is 1. The molecule has 2 aliphatic heterocycles. The van der Waals surface area contributed by atoms with Crippen molar-refractivity contribution in [3.05, 3.63) is 6.07 Å². The Morgan fingerprint density at radius 3 is 2.76 bits per heavy atom. The van der Waals surface area contributed by atoms with Gasteiger partial charge in [0.15, 0.2) is 0 Å². The van der Waals surface area contributed by atoms with Crippen LogP contribution >= 0.6 is 0 Å². The average Bonchev–Trinajstić information content (AvgIpc) is 2.89. The van der Waals surface area contributed by atoms with Crippen LogP contribution in [0.25, 0.3) is 0 Å². The average molecular weight is 350 g/mol. The number of aliphatic hydroxyl groups is 1. The maximum atomic E-state index is 11.4. The van der Waals surface area contributed by atoms with Crippen molar-refractivity contribution in [2.24, 2.45) is 5.41 Å². The Morgan fingerprint density at radius 1 is 1.44 bits per heavy atom. The quantitative estimate of drug-likeness (QED) is 0.572. The molecule has 9 heteroatoms. The normalized spacial score (nSPS) is 23.1. The number of likely N-dealkylation sites (N-methyl/N-ethyl adjacent to an activating group) is 1. The minimum absolute atomic E-state index is 0.0176. The topological polar surface area (TPSA) is 128 Å². The maximum Gasteiger partial charge on any atom is 0.320 e. The number of carboxylic acid groups (broad SMARTS) is 1. The molecule has 3 heterocycles. The fourth-order valence-electron chi connectivity index (χ4n) is 4.01. The smallest absolute Gasteiger partial charge is 0.320 e. The fourth-order valence-corrected chi connectivity index (χ4v) is 4.01. The summed E-state index contributed by atoms with van der Waals surface area (Å²) in [6.45, 7) is 2.88. The van der Waals surface area contributed by atoms with Gasteiger partial charge in [-0.1, -0.05) is 0 Å². The number of likely N-dealkylation sites (tertiary alicyclic amines) is 1. The molecule has 2 aliphatic rings. The zero-order chi connectivity index (χ0) is 18.0. The monoisotopic (exact) mass is 350 g/mol. The van der Waals surface area contributed by atoms with E-state index in [1.807, 2.05) is 18.0 Å². The highest BCUT2D eigenvalue weighted by Crippen LogP contribution is 2.43. The van der Waals surface area contributed by atoms with E-state index in [9.17, 15) is 9.90 Å². The van der Waals surface area contributed by atoms with Crippen LogP contribution in [0.3, 0.4) is 0 Å². The SMILES string of the molecule is CN1CC2(CCN(c3cc(NCCO)nc(N)n3)CC2)C[C@H]1C(=O)O. The summed E-state index contributed by atoms with van der Waals surface area (Å²) in [4.78, 5) is 23.9. The molecule has 3 rings (SSSR count). The summed E-state index contributed by atoms with van der Waals surface area (Å²) in [5.74, 6) is 0.835. The van der Waals surface area contributed by atoms with Gasteiger partial charge in [0, 0.05) is 32.2 Å². The molecule has 25 heavy (non-hydrogen) atoms. The van der Waals surface area contributed by atoms with Crippen molar-refractivity contribution >= 4 is 23.6 Å². The first kappa shape index (κ1) is 17.7. The molecule has 1 spiro atoms. The minimum Gasteiger partial charge on any atom is -0.480 e. The van der Waals surface area contributed by atoms with E-state index < -0.39 is 5.97 Å². The molecule has 1 atom stereocenters. The number of piperidine rings is 1. The third kappa shape index (κ3) is 3.77. The van der Waals surface area contributed by atoms with Crippen molar-refractivity contribution in [2.45, 2.75) is 25.3 Å². The predicted molar refractivity (Wildman–Crippen MR) is 94.6 cm³/mol. The molecular weight excluding hydrogens is 324 g/mol. The van der Waals surface area contributed by atoms with Crippen LogP contribution in [-0.4, -0.2) is 76.9 Å². The highest BCUT2D eigenvalue weighted by Gasteiger charge is 2.46. The van der Waals surface area contributed by atoms with E-state index in [2.05, 4.69) is 20.2 Å². The second-order valence-electron chi connectivity index (χ2n) is 7.08. The Morgan fingerprint density at radius 2 is 2.16 bits per heavy atom. The Bertz CT molecular complexity index is 632. The van der Waals surface area contributed by atoms with Gasteiger partial charge in [-0.25, -0.2) is 0 Å². The maximum absolute atomic E-state index is 11.4. The van der Waals surface area contributed by atoms with Crippen LogP contribution < -0.4 is 16.0 Å². The molecule has 5 N–H and O–H groups in total. The van der Waals surface area contributed by atoms with Gasteiger partial charge in [-0.05, 0) is 31.7 Å². The third-order valence-corrected chi connectivity index (χ3v) is 5.32. The van der Waals surface area contributed by atoms with E-state index >= 15 is 0 Å². The molecule has 1 aromatic heterocycles. The van der Waals surface area contributed by atoms with Crippen molar-refractivity contribution in [1.29, 1.82) is 0 Å². The lowest BCUT2D eigenvalue weighted by Crippen LogP contribution is -2.41. The Balaban J connectivity index is 1.67. The first-order chi connectivity index (χ1) is 11.9. The van der Waals surface area contributed by atoms with Crippen LogP contribution in [0.15, 0.2) is 6.07 Å². The zero-order valence-corrected chi connectivity index (χ0v) is 14.5. The number of hydrogen-bond acceptors (Lipinski definition) is 8. The van der Waals surface area contributed by atoms with Gasteiger partial charge in [0.25, 0.3) is 0 Å². The lowest BCUT2D eigenvalue weighted by Gasteiger charge is -2.39. The number of carboxylic acids is 1. The molecule has 0 saturated carbocycles. The highest BCUT2D eigenvalue weighted by molar-refractivity contribution is 5.74. The van der Waals surface area contributed by atoms with Crippen LogP contribution in [0.4, 0.5) is 17.6 Å². The van der Waals surface area contributed by atoms with Gasteiger partial charge in [-0.15, -0.1) is 0 Å². The number of nitrogens with zero attached hydrogens (tertiary/aromatic N) is 4. The van der Waals surface area contributed by atoms with E-state index in [0.29, 0.717) is 18.8 Å². The van der Waals surface area contributed by atoms with Crippen molar-refractivity contribution < 1.29 is 15.0 Å². The molecule has 0 amide bonds. The Labute approximate surface area is 146 Å². The predicted octanol–water partition coefficient (Wildman–Crippen LogP) is -0.162. The summed E-state index contributed by atoms with van der Waals surface area (Å²) < 4.78 is 0. The van der Waals surface area contributed by atoms with E-state index in [4.69, 9.17) is 10.8 Å². The van der Waals surface area contributed by atoms with Gasteiger partial charge < -0.3 is 26.2 Å². The number of aliphatic hydroxyl groups excluding tert-OH is 1. The molecule has 0 radical (unpaired) electrons. The lowest BCUT2D eigenvalue weighted by molar-refractivity contribution is -0.141. The molecule has 1 aromatic rings. The van der Waals surface area contributed by atoms with Gasteiger partial charge in [0.1, 0.15) is 17.7 Å². The summed E-state index contributed by atoms with van der Waals surface area (Å²) in [7, 11) is 1.89. The lowest BCUT2D eigenvalue weighted by atomic mass is 9.76. The molecule has 0 aliphatic carbocycles. The Kier molecular flexibility index (Phi) is 4.96. The standard InChI is InChI=1S/C16H26N6O3/c1-21-10-16(9-11(21)14(24)25)2-5-22(6-3-16)13-8-12(18-4-7-23)19-15(17)20-13/h8,11,23H,2-7,9-10H2,1H3,(H,24,25)(H3,17,18,19,20)/t11-/m0/s1. The first-order valence-corrected chi connectivity index (χ1v) is 8.60. The van der Waals surface area contributed by atoms with E-state index in [-0.39, 0.29) is 24.0 Å². The zero-order valence-electron chi connectivity index (χ0n) is 14.5. The number of aromatic nitrogens is 2. The molecule has 2 saturated heterocycles. The first-order valence-electron chi connectivity index (χ1n) is 8.60. The number of nitrogens with two attached hydrogens (primary N) is 1. The van der Waals surface area contributed by atoms with Crippen LogP contribution in [0, 0.1) is 5.41 Å². The van der Waals surface area contributed by atoms with E-state index in [1.165, 1.54) is 0 Å². The molecule has 2 fully saturated rings. The second-order valence-corrected chi connectivity index (χ2v) is 7.08. The van der Waals surface area contributed by atoms with Gasteiger partial charge in [0.05, 0.1) is 6.61 Å². The summed E-state index contributed by atoms with van der Waals surface area (Å²) in [6.07, 6.45) is 2.58. The second kappa shape index (κ2) is 7.01. The number of aliphatic carboxylic acids is 1.